The summed E-state index contributed by atoms with van der Waals surface area (Å²) >= 11 is 0. The minimum Gasteiger partial charge on any atom is -0.357 e. The number of halogens is 1. The summed E-state index contributed by atoms with van der Waals surface area (Å²) in [4.78, 5) is 20.9. The van der Waals surface area contributed by atoms with Crippen molar-refractivity contribution in [1.82, 2.24) is 20.4 Å². The van der Waals surface area contributed by atoms with Gasteiger partial charge in [0.25, 0.3) is 5.91 Å². The van der Waals surface area contributed by atoms with Crippen LogP contribution in [0.4, 0.5) is 0 Å². The topological polar surface area (TPSA) is 60.0 Å². The second-order valence-electron chi connectivity index (χ2n) is 8.22. The van der Waals surface area contributed by atoms with Gasteiger partial charge in [-0.25, -0.2) is 4.99 Å². The Kier molecular flexibility index (Phi) is 11.0. The van der Waals surface area contributed by atoms with Gasteiger partial charge in [-0.05, 0) is 49.6 Å². The maximum atomic E-state index is 12.0. The van der Waals surface area contributed by atoms with Crippen LogP contribution in [0.25, 0.3) is 0 Å². The van der Waals surface area contributed by atoms with Crippen molar-refractivity contribution in [2.45, 2.75) is 38.9 Å². The number of carbonyl (C=O) groups is 1. The summed E-state index contributed by atoms with van der Waals surface area (Å²) in [5.41, 5.74) is 3.15. The molecule has 1 fully saturated rings. The fraction of sp³-hybridized carbons (Fsp3) is 0.440. The predicted molar refractivity (Wildman–Crippen MR) is 143 cm³/mol. The van der Waals surface area contributed by atoms with Crippen molar-refractivity contribution >= 4 is 35.8 Å². The predicted octanol–water partition coefficient (Wildman–Crippen LogP) is 3.73. The van der Waals surface area contributed by atoms with E-state index in [0.29, 0.717) is 18.2 Å². The molecule has 3 rings (SSSR count). The Balaban J connectivity index is 0.00000363. The summed E-state index contributed by atoms with van der Waals surface area (Å²) in [7, 11) is 3.53. The molecule has 1 aliphatic heterocycles. The molecule has 7 heteroatoms. The van der Waals surface area contributed by atoms with Crippen LogP contribution in [-0.4, -0.2) is 61.4 Å². The van der Waals surface area contributed by atoms with Crippen molar-refractivity contribution in [3.63, 3.8) is 0 Å². The molecule has 32 heavy (non-hydrogen) atoms. The number of guanidine groups is 1. The van der Waals surface area contributed by atoms with Crippen LogP contribution < -0.4 is 10.6 Å². The second kappa shape index (κ2) is 13.4. The Morgan fingerprint density at radius 3 is 2.44 bits per heavy atom. The molecule has 1 unspecified atom stereocenters. The molecule has 6 nitrogen and oxygen atoms in total. The quantitative estimate of drug-likeness (QED) is 0.300. The highest BCUT2D eigenvalue weighted by Gasteiger charge is 2.24. The van der Waals surface area contributed by atoms with Gasteiger partial charge >= 0.3 is 0 Å². The Hall–Kier alpha value is -2.13. The minimum atomic E-state index is 0. The van der Waals surface area contributed by atoms with Crippen LogP contribution in [0.3, 0.4) is 0 Å². The molecule has 1 aliphatic rings. The molecule has 1 amide bonds. The molecule has 1 atom stereocenters. The molecule has 2 aromatic carbocycles. The number of rotatable bonds is 8. The van der Waals surface area contributed by atoms with Crippen LogP contribution >= 0.6 is 24.0 Å². The van der Waals surface area contributed by atoms with Crippen LogP contribution in [0.15, 0.2) is 59.6 Å². The van der Waals surface area contributed by atoms with Crippen LogP contribution in [0.5, 0.6) is 0 Å². The van der Waals surface area contributed by atoms with E-state index in [0.717, 1.165) is 37.7 Å². The van der Waals surface area contributed by atoms with Gasteiger partial charge in [0.1, 0.15) is 0 Å². The van der Waals surface area contributed by atoms with Crippen molar-refractivity contribution in [3.8, 4) is 0 Å². The van der Waals surface area contributed by atoms with Crippen molar-refractivity contribution in [2.75, 3.05) is 33.7 Å². The van der Waals surface area contributed by atoms with Crippen LogP contribution in [0.2, 0.25) is 0 Å². The molecule has 0 aromatic heterocycles. The van der Waals surface area contributed by atoms with E-state index in [1.807, 2.05) is 24.3 Å². The van der Waals surface area contributed by atoms with Gasteiger partial charge in [0, 0.05) is 45.3 Å². The standard InChI is InChI=1S/C25H35N5O.HI/c1-4-26-25(27-17-20-12-14-22(15-13-20)24(31)29(2)3)28-18-23-11-8-16-30(23)19-21-9-6-5-7-10-21;/h5-7,9-10,12-15,23H,4,8,11,16-19H2,1-3H3,(H2,26,27,28);1H. The van der Waals surface area contributed by atoms with Crippen LogP contribution in [0, 0.1) is 0 Å². The first-order chi connectivity index (χ1) is 15.1. The van der Waals surface area contributed by atoms with E-state index in [9.17, 15) is 4.79 Å². The Labute approximate surface area is 209 Å². The number of amides is 1. The van der Waals surface area contributed by atoms with Gasteiger partial charge in [-0.15, -0.1) is 24.0 Å². The normalized spacial score (nSPS) is 16.3. The average Bonchev–Trinajstić information content (AvgIpc) is 3.23. The third-order valence-corrected chi connectivity index (χ3v) is 5.60. The third kappa shape index (κ3) is 7.78. The Morgan fingerprint density at radius 2 is 1.78 bits per heavy atom. The van der Waals surface area contributed by atoms with E-state index < -0.39 is 0 Å². The molecule has 1 saturated heterocycles. The first-order valence-corrected chi connectivity index (χ1v) is 11.2. The van der Waals surface area contributed by atoms with Gasteiger partial charge < -0.3 is 15.5 Å². The number of nitrogens with zero attached hydrogens (tertiary/aromatic N) is 3. The Morgan fingerprint density at radius 1 is 1.06 bits per heavy atom. The second-order valence-corrected chi connectivity index (χ2v) is 8.22. The van der Waals surface area contributed by atoms with Gasteiger partial charge in [-0.3, -0.25) is 9.69 Å². The largest absolute Gasteiger partial charge is 0.357 e. The minimum absolute atomic E-state index is 0. The van der Waals surface area contributed by atoms with Crippen molar-refractivity contribution in [2.24, 2.45) is 4.99 Å². The highest BCUT2D eigenvalue weighted by atomic mass is 127. The number of carbonyl (C=O) groups excluding carboxylic acids is 1. The molecule has 174 valence electrons. The van der Waals surface area contributed by atoms with E-state index in [2.05, 4.69) is 52.8 Å². The monoisotopic (exact) mass is 549 g/mol. The van der Waals surface area contributed by atoms with Gasteiger partial charge in [-0.2, -0.15) is 0 Å². The molecule has 0 radical (unpaired) electrons. The molecule has 0 spiro atoms. The zero-order valence-electron chi connectivity index (χ0n) is 19.4. The number of likely N-dealkylation sites (tertiary alicyclic amines) is 1. The maximum Gasteiger partial charge on any atom is 0.253 e. The van der Waals surface area contributed by atoms with E-state index in [1.54, 1.807) is 19.0 Å². The van der Waals surface area contributed by atoms with Crippen LogP contribution in [0.1, 0.15) is 41.3 Å². The van der Waals surface area contributed by atoms with E-state index in [4.69, 9.17) is 4.99 Å². The Bertz CT molecular complexity index is 854. The number of nitrogens with one attached hydrogen (secondary N) is 2. The maximum absolute atomic E-state index is 12.0. The number of hydrogen-bond acceptors (Lipinski definition) is 3. The zero-order valence-corrected chi connectivity index (χ0v) is 21.7. The lowest BCUT2D eigenvalue weighted by molar-refractivity contribution is 0.0827. The first-order valence-electron chi connectivity index (χ1n) is 11.2. The van der Waals surface area contributed by atoms with Gasteiger partial charge in [0.05, 0.1) is 6.54 Å². The zero-order chi connectivity index (χ0) is 22.1. The van der Waals surface area contributed by atoms with Crippen molar-refractivity contribution < 1.29 is 4.79 Å². The van der Waals surface area contributed by atoms with Gasteiger partial charge in [-0.1, -0.05) is 42.5 Å². The van der Waals surface area contributed by atoms with Crippen molar-refractivity contribution in [3.05, 3.63) is 71.3 Å². The summed E-state index contributed by atoms with van der Waals surface area (Å²) in [6.07, 6.45) is 2.45. The third-order valence-electron chi connectivity index (χ3n) is 5.60. The highest BCUT2D eigenvalue weighted by Crippen LogP contribution is 2.19. The summed E-state index contributed by atoms with van der Waals surface area (Å²) in [5, 5.41) is 6.88. The highest BCUT2D eigenvalue weighted by molar-refractivity contribution is 14.0. The summed E-state index contributed by atoms with van der Waals surface area (Å²) in [6, 6.07) is 18.9. The van der Waals surface area contributed by atoms with Gasteiger partial charge in [0.2, 0.25) is 0 Å². The summed E-state index contributed by atoms with van der Waals surface area (Å²) < 4.78 is 0. The molecule has 1 heterocycles. The molecular weight excluding hydrogens is 513 g/mol. The fourth-order valence-electron chi connectivity index (χ4n) is 3.89. The summed E-state index contributed by atoms with van der Waals surface area (Å²) in [6.45, 7) is 6.50. The van der Waals surface area contributed by atoms with E-state index in [-0.39, 0.29) is 29.9 Å². The molecule has 2 aromatic rings. The molecule has 2 N–H and O–H groups in total. The lowest BCUT2D eigenvalue weighted by Gasteiger charge is -2.25. The lowest BCUT2D eigenvalue weighted by atomic mass is 10.1. The first kappa shape index (κ1) is 26.1. The number of hydrogen-bond donors (Lipinski definition) is 2. The summed E-state index contributed by atoms with van der Waals surface area (Å²) in [5.74, 6) is 0.851. The molecule has 0 saturated carbocycles. The van der Waals surface area contributed by atoms with Crippen LogP contribution in [-0.2, 0) is 13.1 Å². The van der Waals surface area contributed by atoms with E-state index >= 15 is 0 Å². The lowest BCUT2D eigenvalue weighted by Crippen LogP contribution is -2.44. The van der Waals surface area contributed by atoms with Crippen molar-refractivity contribution in [1.29, 1.82) is 0 Å². The number of benzene rings is 2. The molecule has 0 bridgehead atoms. The van der Waals surface area contributed by atoms with Gasteiger partial charge in [0.15, 0.2) is 5.96 Å². The SMILES string of the molecule is CCNC(=NCc1ccc(C(=O)N(C)C)cc1)NCC1CCCN1Cc1ccccc1.I. The number of aliphatic imine (C=N–C) groups is 1. The molecule has 0 aliphatic carbocycles. The van der Waals surface area contributed by atoms with E-state index in [1.165, 1.54) is 18.4 Å². The molecular formula is C25H36IN5O. The smallest absolute Gasteiger partial charge is 0.253 e. The fourth-order valence-corrected chi connectivity index (χ4v) is 3.89. The average molecular weight is 550 g/mol.